The van der Waals surface area contributed by atoms with Gasteiger partial charge in [0, 0.05) is 52.8 Å². The minimum absolute atomic E-state index is 0.0918. The molecule has 96 heavy (non-hydrogen) atoms. The lowest BCUT2D eigenvalue weighted by molar-refractivity contribution is -0.112. The van der Waals surface area contributed by atoms with Crippen LogP contribution in [0.25, 0.3) is 0 Å². The molecule has 8 atom stereocenters. The monoisotopic (exact) mass is 1460 g/mol. The van der Waals surface area contributed by atoms with Crippen molar-refractivity contribution in [1.82, 2.24) is 0 Å². The molecule has 0 saturated carbocycles. The molecule has 0 aliphatic heterocycles. The Bertz CT molecular complexity index is 1760. The average Bonchev–Trinajstić information content (AvgIpc) is 0.886. The summed E-state index contributed by atoms with van der Waals surface area (Å²) in [6.07, 6.45) is 62.8. The fourth-order valence-corrected chi connectivity index (χ4v) is 14.2. The van der Waals surface area contributed by atoms with Gasteiger partial charge in [0.2, 0.25) is 5.85 Å². The van der Waals surface area contributed by atoms with Crippen LogP contribution in [-0.2, 0) is 74.1 Å². The van der Waals surface area contributed by atoms with Gasteiger partial charge in [-0.25, -0.2) is 0 Å². The zero-order valence-corrected chi connectivity index (χ0v) is 65.9. The third kappa shape index (κ3) is 69.5. The van der Waals surface area contributed by atoms with E-state index in [2.05, 4.69) is 34.3 Å². The molecule has 0 radical (unpaired) electrons. The van der Waals surface area contributed by atoms with Gasteiger partial charge in [-0.15, -0.1) is 9.05 Å². The van der Waals surface area contributed by atoms with Crippen LogP contribution < -0.4 is 0 Å². The maximum absolute atomic E-state index is 12.2. The van der Waals surface area contributed by atoms with Gasteiger partial charge in [0.1, 0.15) is 24.9 Å². The number of carbonyl (C=O) groups excluding carboxylic acids is 1. The molecule has 0 fully saturated rings. The van der Waals surface area contributed by atoms with Crippen molar-refractivity contribution in [3.05, 3.63) is 0 Å². The summed E-state index contributed by atoms with van der Waals surface area (Å²) in [6.45, 7) is 9.27. The summed E-state index contributed by atoms with van der Waals surface area (Å²) in [5, 5.41) is 18.7. The van der Waals surface area contributed by atoms with E-state index in [-0.39, 0.29) is 38.8 Å². The smallest absolute Gasteiger partial charge is 0.379 e. The number of ether oxygens (including phenoxy) is 6. The summed E-state index contributed by atoms with van der Waals surface area (Å²) in [6, 6.07) is 0. The van der Waals surface area contributed by atoms with Crippen molar-refractivity contribution in [2.75, 3.05) is 95.0 Å². The van der Waals surface area contributed by atoms with Crippen molar-refractivity contribution >= 4 is 37.3 Å². The van der Waals surface area contributed by atoms with Crippen molar-refractivity contribution in [2.24, 2.45) is 0 Å². The van der Waals surface area contributed by atoms with Crippen LogP contribution in [0.15, 0.2) is 0 Å². The number of carbonyl (C=O) groups is 1. The molecule has 0 heterocycles. The summed E-state index contributed by atoms with van der Waals surface area (Å²) >= 11 is 0. The van der Waals surface area contributed by atoms with E-state index in [1.165, 1.54) is 297 Å². The SMILES string of the molecule is CCCCCCCCCCCCCCCCCCOC[C@H](COP(=O)(O)C(O)P(=O)(O)O)OC.CCCCCCCCCCCCCCCCCCOC[C@H](COP(=O)(OC)C(O)C=O)OC.CCCCCCCCCCCCCCCCCCOC[C@H](CO[P+](=O)OC)OC. The summed E-state index contributed by atoms with van der Waals surface area (Å²) in [4.78, 5) is 37.7. The molecule has 5 unspecified atom stereocenters. The minimum Gasteiger partial charge on any atom is -0.379 e. The van der Waals surface area contributed by atoms with Crippen molar-refractivity contribution in [2.45, 2.75) is 359 Å². The Balaban J connectivity index is -0.00000136. The zero-order chi connectivity index (χ0) is 71.8. The fraction of sp³-hybridized carbons (Fsp3) is 0.986. The lowest BCUT2D eigenvalue weighted by Crippen LogP contribution is -2.26. The Morgan fingerprint density at radius 3 is 0.812 bits per heavy atom. The van der Waals surface area contributed by atoms with E-state index in [1.54, 1.807) is 7.11 Å². The van der Waals surface area contributed by atoms with Gasteiger partial charge in [-0.3, -0.25) is 18.5 Å². The van der Waals surface area contributed by atoms with Gasteiger partial charge >= 0.3 is 31.0 Å². The third-order valence-corrected chi connectivity index (χ3v) is 23.0. The molecule has 0 bridgehead atoms. The van der Waals surface area contributed by atoms with Crippen LogP contribution in [0.2, 0.25) is 0 Å². The molecule has 21 nitrogen and oxygen atoms in total. The highest BCUT2D eigenvalue weighted by Crippen LogP contribution is 2.61. The number of methoxy groups -OCH3 is 3. The number of aldehydes is 1. The summed E-state index contributed by atoms with van der Waals surface area (Å²) in [5.41, 5.74) is -2.77. The van der Waals surface area contributed by atoms with Crippen LogP contribution in [-0.4, -0.2) is 156 Å². The molecule has 0 aliphatic carbocycles. The van der Waals surface area contributed by atoms with Gasteiger partial charge in [0.15, 0.2) is 6.29 Å². The number of aliphatic hydroxyl groups is 2. The number of hydrogen-bond donors (Lipinski definition) is 5. The fourth-order valence-electron chi connectivity index (χ4n) is 10.6. The molecular weight excluding hydrogens is 1310 g/mol. The molecule has 0 aliphatic rings. The first-order chi connectivity index (χ1) is 46.4. The van der Waals surface area contributed by atoms with Gasteiger partial charge in [0.25, 0.3) is 5.59 Å². The van der Waals surface area contributed by atoms with Crippen molar-refractivity contribution in [3.63, 3.8) is 0 Å². The summed E-state index contributed by atoms with van der Waals surface area (Å²) in [7, 11) is -9.02. The van der Waals surface area contributed by atoms with E-state index >= 15 is 0 Å². The number of rotatable bonds is 75. The van der Waals surface area contributed by atoms with Crippen LogP contribution in [0, 0.1) is 0 Å². The van der Waals surface area contributed by atoms with E-state index in [0.717, 1.165) is 45.8 Å². The maximum Gasteiger partial charge on any atom is 0.697 e. The molecule has 0 aromatic rings. The topological polar surface area (TPSA) is 288 Å². The minimum atomic E-state index is -5.16. The van der Waals surface area contributed by atoms with E-state index < -0.39 is 61.3 Å². The van der Waals surface area contributed by atoms with Gasteiger partial charge in [-0.1, -0.05) is 310 Å². The van der Waals surface area contributed by atoms with Crippen molar-refractivity contribution < 1.29 is 99.0 Å². The second-order valence-corrected chi connectivity index (χ2v) is 33.0. The normalized spacial score (nSPS) is 14.8. The second kappa shape index (κ2) is 76.0. The number of unbranched alkanes of at least 4 members (excludes halogenated alkanes) is 45. The highest BCUT2D eigenvalue weighted by molar-refractivity contribution is 7.70. The Kier molecular flexibility index (Phi) is 79.1. The van der Waals surface area contributed by atoms with Gasteiger partial charge in [-0.05, 0) is 19.3 Å². The van der Waals surface area contributed by atoms with Crippen LogP contribution >= 0.6 is 31.0 Å². The van der Waals surface area contributed by atoms with Gasteiger partial charge in [0.05, 0.1) is 40.1 Å². The number of hydrogen-bond acceptors (Lipinski definition) is 18. The Hall–Kier alpha value is -0.180. The average molecular weight is 1460 g/mol. The molecule has 0 aromatic heterocycles. The van der Waals surface area contributed by atoms with Crippen LogP contribution in [0.5, 0.6) is 0 Å². The molecule has 0 aromatic carbocycles. The van der Waals surface area contributed by atoms with Gasteiger partial charge in [-0.2, -0.15) is 0 Å². The standard InChI is InChI=1S/C25H51O7P.C23H50O9P2.C23H48O5P/c1-4-5-6-7-8-9-10-11-12-13-14-15-16-17-18-19-20-31-22-24(29-2)23-32-33(28,30-3)25(27)21-26;1-3-4-5-6-7-8-9-10-11-12-13-14-15-16-17-18-19-31-20-22(30-2)21-32-34(28,29)23(24)33(25,26)27;1-4-5-6-7-8-9-10-11-12-13-14-15-16-17-18-19-20-27-21-23(25-2)22-28-29(24)26-3/h21,24-25,27H,4-20,22-23H2,1-3H3;22-24H,3-21H2,1-2H3,(H,28,29)(H2,25,26,27);23H,4-22H2,1-3H3/q;;+1/t24-,25?,33?;22-,23?;23-/m111/s1. The lowest BCUT2D eigenvalue weighted by atomic mass is 10.0. The molecule has 0 rings (SSSR count). The molecule has 5 N–H and O–H groups in total. The zero-order valence-electron chi connectivity index (χ0n) is 62.3. The van der Waals surface area contributed by atoms with E-state index in [1.807, 2.05) is 0 Å². The molecule has 25 heteroatoms. The molecule has 578 valence electrons. The quantitative estimate of drug-likeness (QED) is 0.0215. The van der Waals surface area contributed by atoms with Gasteiger partial charge < -0.3 is 66.9 Å². The Morgan fingerprint density at radius 1 is 0.354 bits per heavy atom. The largest absolute Gasteiger partial charge is 0.697 e. The molecular formula is C71H149O21P4+. The number of aliphatic hydroxyl groups excluding tert-OH is 2. The predicted molar refractivity (Wildman–Crippen MR) is 391 cm³/mol. The summed E-state index contributed by atoms with van der Waals surface area (Å²) in [5.74, 6) is -1.80. The first-order valence-corrected chi connectivity index (χ1v) is 44.1. The molecule has 0 amide bonds. The third-order valence-electron chi connectivity index (χ3n) is 17.0. The van der Waals surface area contributed by atoms with Crippen LogP contribution in [0.3, 0.4) is 0 Å². The predicted octanol–water partition coefficient (Wildman–Crippen LogP) is 20.2. The van der Waals surface area contributed by atoms with Crippen molar-refractivity contribution in [1.29, 1.82) is 0 Å². The Morgan fingerprint density at radius 2 is 0.594 bits per heavy atom. The first-order valence-electron chi connectivity index (χ1n) is 38.0. The Labute approximate surface area is 587 Å². The molecule has 0 spiro atoms. The second-order valence-electron chi connectivity index (χ2n) is 25.8. The highest BCUT2D eigenvalue weighted by atomic mass is 31.2. The van der Waals surface area contributed by atoms with E-state index in [4.69, 9.17) is 47.3 Å². The lowest BCUT2D eigenvalue weighted by Gasteiger charge is -2.21. The maximum atomic E-state index is 12.2. The first kappa shape index (κ1) is 100.0. The van der Waals surface area contributed by atoms with E-state index in [9.17, 15) is 38.2 Å². The van der Waals surface area contributed by atoms with Crippen LogP contribution in [0.4, 0.5) is 0 Å². The van der Waals surface area contributed by atoms with E-state index in [0.29, 0.717) is 19.8 Å². The summed E-state index contributed by atoms with van der Waals surface area (Å²) < 4.78 is 102. The molecule has 0 saturated heterocycles. The van der Waals surface area contributed by atoms with Crippen LogP contribution in [0.1, 0.15) is 329 Å². The van der Waals surface area contributed by atoms with Crippen molar-refractivity contribution in [3.8, 4) is 0 Å². The highest BCUT2D eigenvalue weighted by Gasteiger charge is 2.44.